The topological polar surface area (TPSA) is 44.8 Å². The Balaban J connectivity index is 2.10. The second-order valence-electron chi connectivity index (χ2n) is 6.50. The summed E-state index contributed by atoms with van der Waals surface area (Å²) in [6, 6.07) is 7.70. The third-order valence-corrected chi connectivity index (χ3v) is 4.18. The number of carbonyl (C=O) groups is 1. The molecule has 0 spiro atoms. The van der Waals surface area contributed by atoms with Gasteiger partial charge in [0.2, 0.25) is 0 Å². The molecule has 1 aromatic rings. The predicted octanol–water partition coefficient (Wildman–Crippen LogP) is 2.29. The van der Waals surface area contributed by atoms with Gasteiger partial charge in [-0.2, -0.15) is 0 Å². The van der Waals surface area contributed by atoms with Gasteiger partial charge in [0.1, 0.15) is 6.42 Å². The Hall–Kier alpha value is -1.77. The average Bonchev–Trinajstić information content (AvgIpc) is 2.68. The van der Waals surface area contributed by atoms with Crippen LogP contribution in [0, 0.1) is 11.8 Å². The minimum atomic E-state index is -0.410. The molecule has 4 nitrogen and oxygen atoms in total. The van der Waals surface area contributed by atoms with E-state index in [1.165, 1.54) is 0 Å². The molecular formula is C18H23BO4. The van der Waals surface area contributed by atoms with Crippen LogP contribution in [-0.2, 0) is 18.8 Å². The fourth-order valence-electron chi connectivity index (χ4n) is 2.17. The van der Waals surface area contributed by atoms with E-state index < -0.39 is 7.12 Å². The van der Waals surface area contributed by atoms with Crippen molar-refractivity contribution in [2.75, 3.05) is 6.61 Å². The Morgan fingerprint density at radius 1 is 1.22 bits per heavy atom. The highest BCUT2D eigenvalue weighted by Crippen LogP contribution is 2.36. The first-order valence-electron chi connectivity index (χ1n) is 7.85. The summed E-state index contributed by atoms with van der Waals surface area (Å²) >= 11 is 0. The molecule has 0 saturated carbocycles. The summed E-state index contributed by atoms with van der Waals surface area (Å²) in [4.78, 5) is 11.3. The second-order valence-corrected chi connectivity index (χ2v) is 6.50. The van der Waals surface area contributed by atoms with Crippen LogP contribution < -0.4 is 5.46 Å². The summed E-state index contributed by atoms with van der Waals surface area (Å²) in [5.41, 5.74) is 1.00. The van der Waals surface area contributed by atoms with E-state index in [-0.39, 0.29) is 23.6 Å². The second kappa shape index (κ2) is 6.78. The van der Waals surface area contributed by atoms with E-state index >= 15 is 0 Å². The molecule has 0 aliphatic carbocycles. The highest BCUT2D eigenvalue weighted by Gasteiger charge is 2.51. The minimum absolute atomic E-state index is 0.0918. The predicted molar refractivity (Wildman–Crippen MR) is 90.3 cm³/mol. The summed E-state index contributed by atoms with van der Waals surface area (Å²) in [5.74, 6) is 5.50. The van der Waals surface area contributed by atoms with Gasteiger partial charge in [-0.1, -0.05) is 24.0 Å². The van der Waals surface area contributed by atoms with Gasteiger partial charge in [-0.3, -0.25) is 4.79 Å². The van der Waals surface area contributed by atoms with Crippen LogP contribution in [0.5, 0.6) is 0 Å². The van der Waals surface area contributed by atoms with E-state index in [0.29, 0.717) is 6.61 Å². The van der Waals surface area contributed by atoms with Crippen molar-refractivity contribution in [1.82, 2.24) is 0 Å². The summed E-state index contributed by atoms with van der Waals surface area (Å²) in [7, 11) is -0.410. The lowest BCUT2D eigenvalue weighted by Gasteiger charge is -2.32. The number of ether oxygens (including phenoxy) is 1. The van der Waals surface area contributed by atoms with E-state index in [1.54, 1.807) is 6.92 Å². The van der Waals surface area contributed by atoms with E-state index in [2.05, 4.69) is 11.8 Å². The van der Waals surface area contributed by atoms with Crippen molar-refractivity contribution in [3.05, 3.63) is 29.8 Å². The minimum Gasteiger partial charge on any atom is -0.465 e. The van der Waals surface area contributed by atoms with Crippen molar-refractivity contribution >= 4 is 18.6 Å². The molecule has 0 radical (unpaired) electrons. The molecule has 0 bridgehead atoms. The molecule has 1 aromatic carbocycles. The zero-order chi connectivity index (χ0) is 17.1. The van der Waals surface area contributed by atoms with E-state index in [9.17, 15) is 4.79 Å². The summed E-state index contributed by atoms with van der Waals surface area (Å²) in [5, 5.41) is 0. The highest BCUT2D eigenvalue weighted by molar-refractivity contribution is 6.62. The Bertz CT molecular complexity index is 624. The number of hydrogen-bond acceptors (Lipinski definition) is 4. The molecule has 0 amide bonds. The SMILES string of the molecule is CCOC(=O)CC#Cc1cccc(B2OC(C)(C)C(C)(C)O2)c1. The van der Waals surface area contributed by atoms with Gasteiger partial charge in [-0.25, -0.2) is 0 Å². The van der Waals surface area contributed by atoms with Gasteiger partial charge >= 0.3 is 13.1 Å². The third-order valence-electron chi connectivity index (χ3n) is 4.18. The molecular weight excluding hydrogens is 291 g/mol. The quantitative estimate of drug-likeness (QED) is 0.488. The van der Waals surface area contributed by atoms with Crippen molar-refractivity contribution in [2.24, 2.45) is 0 Å². The van der Waals surface area contributed by atoms with Crippen LogP contribution in [0.15, 0.2) is 24.3 Å². The molecule has 2 rings (SSSR count). The van der Waals surface area contributed by atoms with Gasteiger partial charge in [0.05, 0.1) is 17.8 Å². The number of carbonyl (C=O) groups excluding carboxylic acids is 1. The van der Waals surface area contributed by atoms with E-state index in [4.69, 9.17) is 14.0 Å². The summed E-state index contributed by atoms with van der Waals surface area (Å²) in [6.45, 7) is 10.2. The average molecular weight is 314 g/mol. The Labute approximate surface area is 138 Å². The zero-order valence-corrected chi connectivity index (χ0v) is 14.4. The van der Waals surface area contributed by atoms with Gasteiger partial charge in [0, 0.05) is 5.56 Å². The Morgan fingerprint density at radius 2 is 1.87 bits per heavy atom. The van der Waals surface area contributed by atoms with Crippen LogP contribution in [0.4, 0.5) is 0 Å². The van der Waals surface area contributed by atoms with Crippen LogP contribution in [0.25, 0.3) is 0 Å². The monoisotopic (exact) mass is 314 g/mol. The zero-order valence-electron chi connectivity index (χ0n) is 14.4. The molecule has 5 heteroatoms. The lowest BCUT2D eigenvalue weighted by molar-refractivity contribution is -0.141. The fraction of sp³-hybridized carbons (Fsp3) is 0.500. The van der Waals surface area contributed by atoms with Crippen molar-refractivity contribution in [3.8, 4) is 11.8 Å². The number of esters is 1. The van der Waals surface area contributed by atoms with Gasteiger partial charge in [0.25, 0.3) is 0 Å². The lowest BCUT2D eigenvalue weighted by atomic mass is 9.78. The first-order valence-corrected chi connectivity index (χ1v) is 7.85. The molecule has 1 saturated heterocycles. The van der Waals surface area contributed by atoms with E-state index in [0.717, 1.165) is 11.0 Å². The van der Waals surface area contributed by atoms with Crippen LogP contribution in [-0.4, -0.2) is 30.9 Å². The van der Waals surface area contributed by atoms with Crippen molar-refractivity contribution in [3.63, 3.8) is 0 Å². The van der Waals surface area contributed by atoms with Crippen molar-refractivity contribution in [2.45, 2.75) is 52.2 Å². The number of hydrogen-bond donors (Lipinski definition) is 0. The lowest BCUT2D eigenvalue weighted by Crippen LogP contribution is -2.41. The molecule has 0 aromatic heterocycles. The molecule has 122 valence electrons. The maximum absolute atomic E-state index is 11.3. The van der Waals surface area contributed by atoms with Crippen molar-refractivity contribution < 1.29 is 18.8 Å². The largest absolute Gasteiger partial charge is 0.494 e. The maximum atomic E-state index is 11.3. The molecule has 1 aliphatic rings. The molecule has 0 atom stereocenters. The maximum Gasteiger partial charge on any atom is 0.494 e. The fourth-order valence-corrected chi connectivity index (χ4v) is 2.17. The van der Waals surface area contributed by atoms with Gasteiger partial charge in [0.15, 0.2) is 0 Å². The molecule has 0 N–H and O–H groups in total. The van der Waals surface area contributed by atoms with E-state index in [1.807, 2.05) is 52.0 Å². The molecule has 0 unspecified atom stereocenters. The molecule has 1 heterocycles. The van der Waals surface area contributed by atoms with Crippen LogP contribution >= 0.6 is 0 Å². The molecule has 23 heavy (non-hydrogen) atoms. The first kappa shape index (κ1) is 17.6. The van der Waals surface area contributed by atoms with Gasteiger partial charge < -0.3 is 14.0 Å². The summed E-state index contributed by atoms with van der Waals surface area (Å²) < 4.78 is 16.9. The standard InChI is InChI=1S/C18H23BO4/c1-6-21-16(20)12-8-10-14-9-7-11-15(13-14)19-22-17(2,3)18(4,5)23-19/h7,9,11,13H,6,12H2,1-5H3. The van der Waals surface area contributed by atoms with Crippen LogP contribution in [0.1, 0.15) is 46.6 Å². The summed E-state index contributed by atoms with van der Waals surface area (Å²) in [6.07, 6.45) is 0.0918. The smallest absolute Gasteiger partial charge is 0.465 e. The number of benzene rings is 1. The molecule has 1 fully saturated rings. The highest BCUT2D eigenvalue weighted by atomic mass is 16.7. The van der Waals surface area contributed by atoms with Gasteiger partial charge in [-0.15, -0.1) is 0 Å². The third kappa shape index (κ3) is 4.16. The molecule has 1 aliphatic heterocycles. The Morgan fingerprint density at radius 3 is 2.48 bits per heavy atom. The Kier molecular flexibility index (Phi) is 5.18. The van der Waals surface area contributed by atoms with Gasteiger partial charge in [-0.05, 0) is 52.2 Å². The van der Waals surface area contributed by atoms with Crippen molar-refractivity contribution in [1.29, 1.82) is 0 Å². The number of rotatable bonds is 3. The normalized spacial score (nSPS) is 18.2. The van der Waals surface area contributed by atoms with Crippen LogP contribution in [0.2, 0.25) is 0 Å². The van der Waals surface area contributed by atoms with Crippen LogP contribution in [0.3, 0.4) is 0 Å². The first-order chi connectivity index (χ1) is 10.7.